The van der Waals surface area contributed by atoms with Crippen molar-refractivity contribution in [3.05, 3.63) is 58.7 Å². The molecule has 3 rings (SSSR count). The van der Waals surface area contributed by atoms with E-state index in [1.807, 2.05) is 26.0 Å². The molecule has 1 aliphatic heterocycles. The first-order valence-corrected chi connectivity index (χ1v) is 8.53. The normalized spacial score (nSPS) is 16.4. The van der Waals surface area contributed by atoms with E-state index in [0.29, 0.717) is 11.5 Å². The van der Waals surface area contributed by atoms with Crippen molar-refractivity contribution in [1.29, 1.82) is 0 Å². The third-order valence-corrected chi connectivity index (χ3v) is 4.61. The Morgan fingerprint density at radius 3 is 1.71 bits per heavy atom. The van der Waals surface area contributed by atoms with E-state index >= 15 is 0 Å². The third-order valence-electron chi connectivity index (χ3n) is 4.61. The zero-order valence-corrected chi connectivity index (χ0v) is 14.5. The molecule has 1 heterocycles. The van der Waals surface area contributed by atoms with Crippen molar-refractivity contribution in [2.45, 2.75) is 33.4 Å². The van der Waals surface area contributed by atoms with E-state index in [0.717, 1.165) is 50.4 Å². The van der Waals surface area contributed by atoms with Gasteiger partial charge in [0.25, 0.3) is 0 Å². The van der Waals surface area contributed by atoms with Crippen molar-refractivity contribution in [1.82, 2.24) is 9.80 Å². The summed E-state index contributed by atoms with van der Waals surface area (Å²) in [4.78, 5) is 4.70. The third kappa shape index (κ3) is 4.08. The molecular weight excluding hydrogens is 300 g/mol. The van der Waals surface area contributed by atoms with E-state index in [2.05, 4.69) is 21.9 Å². The molecule has 0 amide bonds. The fourth-order valence-corrected chi connectivity index (χ4v) is 3.36. The van der Waals surface area contributed by atoms with E-state index in [-0.39, 0.29) is 0 Å². The maximum Gasteiger partial charge on any atom is 0.120 e. The summed E-state index contributed by atoms with van der Waals surface area (Å²) < 4.78 is 0. The molecule has 2 N–H and O–H groups in total. The minimum atomic E-state index is 0.369. The highest BCUT2D eigenvalue weighted by Gasteiger charge is 2.19. The molecule has 0 unspecified atom stereocenters. The van der Waals surface area contributed by atoms with Gasteiger partial charge in [0.2, 0.25) is 0 Å². The SMILES string of the molecule is Cc1ccc(O)c(CN2CCCN(Cc3cc(C)ccc3O)C2)c1. The first-order chi connectivity index (χ1) is 11.5. The Bertz CT molecular complexity index is 655. The van der Waals surface area contributed by atoms with Crippen molar-refractivity contribution in [2.24, 2.45) is 0 Å². The van der Waals surface area contributed by atoms with Gasteiger partial charge in [-0.15, -0.1) is 0 Å². The molecule has 4 heteroatoms. The Kier molecular flexibility index (Phi) is 5.07. The van der Waals surface area contributed by atoms with Gasteiger partial charge >= 0.3 is 0 Å². The van der Waals surface area contributed by atoms with E-state index in [4.69, 9.17) is 0 Å². The smallest absolute Gasteiger partial charge is 0.120 e. The first kappa shape index (κ1) is 16.8. The van der Waals surface area contributed by atoms with E-state index in [1.54, 1.807) is 12.1 Å². The molecule has 0 atom stereocenters. The van der Waals surface area contributed by atoms with Crippen LogP contribution in [-0.4, -0.2) is 39.8 Å². The van der Waals surface area contributed by atoms with Crippen LogP contribution in [0.25, 0.3) is 0 Å². The van der Waals surface area contributed by atoms with Crippen LogP contribution in [0.15, 0.2) is 36.4 Å². The fourth-order valence-electron chi connectivity index (χ4n) is 3.36. The van der Waals surface area contributed by atoms with Crippen LogP contribution in [0.1, 0.15) is 28.7 Å². The highest BCUT2D eigenvalue weighted by molar-refractivity contribution is 5.36. The molecule has 2 aromatic rings. The van der Waals surface area contributed by atoms with Crippen LogP contribution < -0.4 is 0 Å². The Morgan fingerprint density at radius 1 is 0.792 bits per heavy atom. The maximum absolute atomic E-state index is 10.1. The molecule has 0 bridgehead atoms. The largest absolute Gasteiger partial charge is 0.508 e. The number of hydrogen-bond donors (Lipinski definition) is 2. The second-order valence-corrected chi connectivity index (χ2v) is 6.86. The predicted molar refractivity (Wildman–Crippen MR) is 96.0 cm³/mol. The minimum Gasteiger partial charge on any atom is -0.508 e. The van der Waals surface area contributed by atoms with Gasteiger partial charge in [0.1, 0.15) is 11.5 Å². The van der Waals surface area contributed by atoms with Gasteiger partial charge in [0.15, 0.2) is 0 Å². The average molecular weight is 326 g/mol. The fraction of sp³-hybridized carbons (Fsp3) is 0.400. The number of benzene rings is 2. The van der Waals surface area contributed by atoms with Crippen molar-refractivity contribution in [2.75, 3.05) is 19.8 Å². The van der Waals surface area contributed by atoms with Gasteiger partial charge < -0.3 is 10.2 Å². The molecule has 0 saturated carbocycles. The van der Waals surface area contributed by atoms with Gasteiger partial charge in [0.05, 0.1) is 6.67 Å². The number of phenols is 2. The predicted octanol–water partition coefficient (Wildman–Crippen LogP) is 3.38. The van der Waals surface area contributed by atoms with Crippen LogP contribution in [0.4, 0.5) is 0 Å². The maximum atomic E-state index is 10.1. The summed E-state index contributed by atoms with van der Waals surface area (Å²) in [6.07, 6.45) is 1.10. The highest BCUT2D eigenvalue weighted by atomic mass is 16.3. The molecule has 4 nitrogen and oxygen atoms in total. The lowest BCUT2D eigenvalue weighted by molar-refractivity contribution is 0.0734. The molecule has 1 aliphatic rings. The van der Waals surface area contributed by atoms with Crippen LogP contribution in [0.2, 0.25) is 0 Å². The van der Waals surface area contributed by atoms with Crippen LogP contribution in [-0.2, 0) is 13.1 Å². The van der Waals surface area contributed by atoms with Gasteiger partial charge in [-0.2, -0.15) is 0 Å². The second-order valence-electron chi connectivity index (χ2n) is 6.86. The van der Waals surface area contributed by atoms with Crippen LogP contribution >= 0.6 is 0 Å². The topological polar surface area (TPSA) is 46.9 Å². The van der Waals surface area contributed by atoms with Gasteiger partial charge in [-0.1, -0.05) is 35.4 Å². The van der Waals surface area contributed by atoms with E-state index in [1.165, 1.54) is 11.1 Å². The summed E-state index contributed by atoms with van der Waals surface area (Å²) in [6, 6.07) is 11.5. The Hall–Kier alpha value is -2.04. The molecule has 1 saturated heterocycles. The number of phenolic OH excluding ortho intramolecular Hbond substituents is 2. The van der Waals surface area contributed by atoms with Gasteiger partial charge in [0, 0.05) is 37.3 Å². The quantitative estimate of drug-likeness (QED) is 0.904. The van der Waals surface area contributed by atoms with E-state index < -0.39 is 0 Å². The lowest BCUT2D eigenvalue weighted by Crippen LogP contribution is -2.43. The summed E-state index contributed by atoms with van der Waals surface area (Å²) in [5.41, 5.74) is 4.30. The minimum absolute atomic E-state index is 0.369. The summed E-state index contributed by atoms with van der Waals surface area (Å²) in [5.74, 6) is 0.739. The molecule has 0 aromatic heterocycles. The Labute approximate surface area is 144 Å². The van der Waals surface area contributed by atoms with Crippen molar-refractivity contribution >= 4 is 0 Å². The molecule has 0 spiro atoms. The van der Waals surface area contributed by atoms with Crippen LogP contribution in [0, 0.1) is 13.8 Å². The van der Waals surface area contributed by atoms with Crippen LogP contribution in [0.5, 0.6) is 11.5 Å². The van der Waals surface area contributed by atoms with E-state index in [9.17, 15) is 10.2 Å². The average Bonchev–Trinajstić information content (AvgIpc) is 2.55. The van der Waals surface area contributed by atoms with Gasteiger partial charge in [-0.05, 0) is 32.4 Å². The number of rotatable bonds is 4. The van der Waals surface area contributed by atoms with Crippen molar-refractivity contribution in [3.63, 3.8) is 0 Å². The molecule has 0 radical (unpaired) electrons. The number of nitrogens with zero attached hydrogens (tertiary/aromatic N) is 2. The van der Waals surface area contributed by atoms with Crippen LogP contribution in [0.3, 0.4) is 0 Å². The Morgan fingerprint density at radius 2 is 1.25 bits per heavy atom. The van der Waals surface area contributed by atoms with Crippen molar-refractivity contribution < 1.29 is 10.2 Å². The molecule has 24 heavy (non-hydrogen) atoms. The monoisotopic (exact) mass is 326 g/mol. The number of hydrogen-bond acceptors (Lipinski definition) is 4. The first-order valence-electron chi connectivity index (χ1n) is 8.53. The number of aryl methyl sites for hydroxylation is 2. The van der Waals surface area contributed by atoms with Gasteiger partial charge in [-0.25, -0.2) is 0 Å². The van der Waals surface area contributed by atoms with Gasteiger partial charge in [-0.3, -0.25) is 9.80 Å². The standard InChI is InChI=1S/C20H26N2O2/c1-15-4-6-19(23)17(10-15)12-21-8-3-9-22(14-21)13-18-11-16(2)5-7-20(18)24/h4-7,10-11,23-24H,3,8-9,12-14H2,1-2H3. The molecule has 1 fully saturated rings. The highest BCUT2D eigenvalue weighted by Crippen LogP contribution is 2.24. The van der Waals surface area contributed by atoms with Crippen molar-refractivity contribution in [3.8, 4) is 11.5 Å². The zero-order valence-electron chi connectivity index (χ0n) is 14.5. The summed E-state index contributed by atoms with van der Waals surface area (Å²) >= 11 is 0. The lowest BCUT2D eigenvalue weighted by atomic mass is 10.1. The Balaban J connectivity index is 1.66. The summed E-state index contributed by atoms with van der Waals surface area (Å²) in [5, 5.41) is 20.1. The second kappa shape index (κ2) is 7.24. The summed E-state index contributed by atoms with van der Waals surface area (Å²) in [7, 11) is 0. The molecular formula is C20H26N2O2. The molecule has 128 valence electrons. The number of aromatic hydroxyl groups is 2. The lowest BCUT2D eigenvalue weighted by Gasteiger charge is -2.36. The molecule has 2 aromatic carbocycles. The summed E-state index contributed by atoms with van der Waals surface area (Å²) in [6.45, 7) is 8.51. The zero-order chi connectivity index (χ0) is 17.1. The molecule has 0 aliphatic carbocycles.